The lowest BCUT2D eigenvalue weighted by atomic mass is 10.1. The number of benzene rings is 1. The van der Waals surface area contributed by atoms with Gasteiger partial charge in [-0.25, -0.2) is 9.79 Å². The van der Waals surface area contributed by atoms with Crippen molar-refractivity contribution in [3.63, 3.8) is 0 Å². The third kappa shape index (κ3) is 5.68. The number of carbonyl (C=O) groups is 2. The zero-order chi connectivity index (χ0) is 23.4. The largest absolute Gasteiger partial charge is 0.390 e. The van der Waals surface area contributed by atoms with Gasteiger partial charge >= 0.3 is 6.03 Å². The van der Waals surface area contributed by atoms with E-state index in [1.807, 2.05) is 17.8 Å². The van der Waals surface area contributed by atoms with Crippen molar-refractivity contribution in [3.8, 4) is 0 Å². The van der Waals surface area contributed by atoms with E-state index in [1.54, 1.807) is 18.3 Å². The quantitative estimate of drug-likeness (QED) is 0.417. The molecule has 0 spiro atoms. The molecule has 0 aromatic heterocycles. The zero-order valence-electron chi connectivity index (χ0n) is 19.4. The van der Waals surface area contributed by atoms with Crippen LogP contribution in [0.5, 0.6) is 0 Å². The number of rotatable bonds is 9. The van der Waals surface area contributed by atoms with Crippen LogP contribution in [0.1, 0.15) is 6.42 Å². The Morgan fingerprint density at radius 2 is 1.76 bits per heavy atom. The summed E-state index contributed by atoms with van der Waals surface area (Å²) in [7, 11) is 3.14. The van der Waals surface area contributed by atoms with Gasteiger partial charge in [0.05, 0.1) is 12.4 Å². The standard InChI is InChI=1S/C23H34N6O3S/c1-25-21-20(22(31)26(2)23(25)32)29(17-24-21)16-18(30)15-28-12-10-27(11-13-28)9-6-14-33-19-7-4-3-5-8-19/h3-5,7-8,17-18,20-21,30H,6,9-16H2,1-2H3. The first-order valence-corrected chi connectivity index (χ1v) is 12.6. The first kappa shape index (κ1) is 24.0. The van der Waals surface area contributed by atoms with E-state index >= 15 is 0 Å². The van der Waals surface area contributed by atoms with Crippen LogP contribution < -0.4 is 0 Å². The predicted octanol–water partition coefficient (Wildman–Crippen LogP) is 0.710. The Labute approximate surface area is 200 Å². The summed E-state index contributed by atoms with van der Waals surface area (Å²) >= 11 is 1.91. The number of imide groups is 1. The molecule has 3 aliphatic rings. The predicted molar refractivity (Wildman–Crippen MR) is 129 cm³/mol. The maximum atomic E-state index is 12.6. The first-order valence-electron chi connectivity index (χ1n) is 11.6. The highest BCUT2D eigenvalue weighted by Gasteiger charge is 2.48. The highest BCUT2D eigenvalue weighted by Crippen LogP contribution is 2.24. The molecular weight excluding hydrogens is 440 g/mol. The summed E-state index contributed by atoms with van der Waals surface area (Å²) < 4.78 is 0. The monoisotopic (exact) mass is 474 g/mol. The fourth-order valence-electron chi connectivity index (χ4n) is 4.65. The summed E-state index contributed by atoms with van der Waals surface area (Å²) in [6.45, 7) is 5.88. The maximum absolute atomic E-state index is 12.6. The van der Waals surface area contributed by atoms with Crippen molar-refractivity contribution in [1.82, 2.24) is 24.5 Å². The smallest absolute Gasteiger partial charge is 0.328 e. The van der Waals surface area contributed by atoms with Crippen LogP contribution in [-0.2, 0) is 4.79 Å². The Kier molecular flexibility index (Phi) is 7.90. The van der Waals surface area contributed by atoms with Gasteiger partial charge < -0.3 is 19.8 Å². The van der Waals surface area contributed by atoms with Crippen molar-refractivity contribution in [3.05, 3.63) is 30.3 Å². The molecule has 0 saturated carbocycles. The van der Waals surface area contributed by atoms with Crippen LogP contribution in [0.3, 0.4) is 0 Å². The van der Waals surface area contributed by atoms with Gasteiger partial charge in [0.15, 0.2) is 12.2 Å². The zero-order valence-corrected chi connectivity index (χ0v) is 20.2. The highest BCUT2D eigenvalue weighted by atomic mass is 32.2. The molecule has 1 aromatic rings. The second-order valence-electron chi connectivity index (χ2n) is 8.92. The van der Waals surface area contributed by atoms with Crippen molar-refractivity contribution in [2.75, 3.05) is 65.7 Å². The van der Waals surface area contributed by atoms with Crippen LogP contribution in [-0.4, -0.2) is 132 Å². The van der Waals surface area contributed by atoms with Crippen molar-refractivity contribution in [2.45, 2.75) is 29.6 Å². The number of hydrogen-bond donors (Lipinski definition) is 1. The summed E-state index contributed by atoms with van der Waals surface area (Å²) in [6, 6.07) is 9.61. The molecule has 0 bridgehead atoms. The first-order chi connectivity index (χ1) is 15.9. The van der Waals surface area contributed by atoms with Crippen LogP contribution in [0.15, 0.2) is 40.2 Å². The number of aliphatic imine (C=N–C) groups is 1. The molecule has 0 radical (unpaired) electrons. The van der Waals surface area contributed by atoms with Gasteiger partial charge in [-0.05, 0) is 30.9 Å². The van der Waals surface area contributed by atoms with E-state index in [2.05, 4.69) is 39.1 Å². The van der Waals surface area contributed by atoms with Crippen molar-refractivity contribution >= 4 is 30.0 Å². The van der Waals surface area contributed by atoms with Gasteiger partial charge in [-0.2, -0.15) is 0 Å². The van der Waals surface area contributed by atoms with Crippen LogP contribution >= 0.6 is 11.8 Å². The summed E-state index contributed by atoms with van der Waals surface area (Å²) in [5.41, 5.74) is 0. The number of nitrogens with zero attached hydrogens (tertiary/aromatic N) is 6. The molecule has 180 valence electrons. The van der Waals surface area contributed by atoms with Crippen LogP contribution in [0.25, 0.3) is 0 Å². The second-order valence-corrected chi connectivity index (χ2v) is 10.1. The van der Waals surface area contributed by atoms with Crippen molar-refractivity contribution in [2.24, 2.45) is 4.99 Å². The number of fused-ring (bicyclic) bond motifs is 1. The molecule has 3 heterocycles. The second kappa shape index (κ2) is 10.9. The topological polar surface area (TPSA) is 82.9 Å². The highest BCUT2D eigenvalue weighted by molar-refractivity contribution is 7.99. The number of likely N-dealkylation sites (N-methyl/N-ethyl adjacent to an activating group) is 2. The molecule has 3 aliphatic heterocycles. The van der Waals surface area contributed by atoms with Gasteiger partial charge in [-0.1, -0.05) is 18.2 Å². The van der Waals surface area contributed by atoms with Crippen LogP contribution in [0.4, 0.5) is 4.79 Å². The van der Waals surface area contributed by atoms with E-state index in [4.69, 9.17) is 0 Å². The Bertz CT molecular complexity index is 848. The molecule has 2 fully saturated rings. The Hall–Kier alpha value is -2.14. The number of aliphatic hydroxyl groups is 1. The lowest BCUT2D eigenvalue weighted by Crippen LogP contribution is -2.64. The van der Waals surface area contributed by atoms with E-state index in [-0.39, 0.29) is 11.9 Å². The average Bonchev–Trinajstić information content (AvgIpc) is 3.24. The summed E-state index contributed by atoms with van der Waals surface area (Å²) in [6.07, 6.45) is 1.66. The van der Waals surface area contributed by atoms with E-state index in [1.165, 1.54) is 23.3 Å². The normalized spacial score (nSPS) is 25.1. The third-order valence-corrected chi connectivity index (χ3v) is 7.66. The number of hydrogen-bond acceptors (Lipinski definition) is 8. The lowest BCUT2D eigenvalue weighted by molar-refractivity contribution is -0.136. The fourth-order valence-corrected chi connectivity index (χ4v) is 5.51. The minimum absolute atomic E-state index is 0.271. The Balaban J connectivity index is 1.15. The number of piperazine rings is 1. The summed E-state index contributed by atoms with van der Waals surface area (Å²) in [5, 5.41) is 10.7. The molecule has 3 atom stereocenters. The van der Waals surface area contributed by atoms with Crippen molar-refractivity contribution < 1.29 is 14.7 Å². The summed E-state index contributed by atoms with van der Waals surface area (Å²) in [4.78, 5) is 39.6. The number of thioether (sulfide) groups is 1. The Morgan fingerprint density at radius 1 is 1.06 bits per heavy atom. The van der Waals surface area contributed by atoms with Crippen LogP contribution in [0, 0.1) is 0 Å². The molecule has 1 aromatic carbocycles. The summed E-state index contributed by atoms with van der Waals surface area (Å²) in [5.74, 6) is 0.851. The van der Waals surface area contributed by atoms with Gasteiger partial charge in [0.1, 0.15) is 0 Å². The molecule has 10 heteroatoms. The lowest BCUT2D eigenvalue weighted by Gasteiger charge is -2.40. The average molecular weight is 475 g/mol. The minimum Gasteiger partial charge on any atom is -0.390 e. The molecule has 2 saturated heterocycles. The van der Waals surface area contributed by atoms with E-state index < -0.39 is 18.3 Å². The van der Waals surface area contributed by atoms with Gasteiger partial charge in [-0.15, -0.1) is 11.8 Å². The van der Waals surface area contributed by atoms with Crippen LogP contribution in [0.2, 0.25) is 0 Å². The maximum Gasteiger partial charge on any atom is 0.328 e. The number of β-amino-alcohol motifs (C(OH)–C–C–N with tert-alkyl or cyclic N) is 1. The number of urea groups is 1. The molecule has 0 aliphatic carbocycles. The van der Waals surface area contributed by atoms with E-state index in [0.29, 0.717) is 13.1 Å². The van der Waals surface area contributed by atoms with E-state index in [9.17, 15) is 14.7 Å². The number of carbonyl (C=O) groups excluding carboxylic acids is 2. The number of amides is 3. The minimum atomic E-state index is -0.593. The Morgan fingerprint density at radius 3 is 2.48 bits per heavy atom. The molecule has 3 amide bonds. The van der Waals surface area contributed by atoms with Gasteiger partial charge in [-0.3, -0.25) is 14.6 Å². The van der Waals surface area contributed by atoms with Gasteiger partial charge in [0.2, 0.25) is 0 Å². The third-order valence-electron chi connectivity index (χ3n) is 6.56. The van der Waals surface area contributed by atoms with E-state index in [0.717, 1.165) is 43.4 Å². The molecule has 3 unspecified atom stereocenters. The molecule has 9 nitrogen and oxygen atoms in total. The van der Waals surface area contributed by atoms with Gasteiger partial charge in [0, 0.05) is 58.3 Å². The molecule has 4 rings (SSSR count). The SMILES string of the molecule is CN1C(=O)C2C(N=CN2CC(O)CN2CCN(CCCSc3ccccc3)CC2)N(C)C1=O. The molecule has 33 heavy (non-hydrogen) atoms. The van der Waals surface area contributed by atoms with Crippen molar-refractivity contribution in [1.29, 1.82) is 0 Å². The number of aliphatic hydroxyl groups excluding tert-OH is 1. The van der Waals surface area contributed by atoms with Gasteiger partial charge in [0.25, 0.3) is 5.91 Å². The molecule has 1 N–H and O–H groups in total. The fraction of sp³-hybridized carbons (Fsp3) is 0.609. The molecular formula is C23H34N6O3S.